The molecule has 0 aliphatic rings. The van der Waals surface area contributed by atoms with Crippen LogP contribution in [-0.2, 0) is 7.05 Å². The minimum Gasteiger partial charge on any atom is -0.236 e. The third-order valence-electron chi connectivity index (χ3n) is 1.49. The monoisotopic (exact) mass is 150 g/mol. The highest BCUT2D eigenvalue weighted by molar-refractivity contribution is 5.70. The van der Waals surface area contributed by atoms with E-state index in [9.17, 15) is 0 Å². The van der Waals surface area contributed by atoms with Crippen LogP contribution in [0.25, 0.3) is 0 Å². The molecule has 0 fully saturated rings. The quantitative estimate of drug-likeness (QED) is 0.399. The van der Waals surface area contributed by atoms with Crippen molar-refractivity contribution in [1.29, 1.82) is 0 Å². The van der Waals surface area contributed by atoms with Gasteiger partial charge in [-0.25, -0.2) is 4.58 Å². The molecule has 0 spiro atoms. The van der Waals surface area contributed by atoms with Gasteiger partial charge in [-0.2, -0.15) is 4.57 Å². The second-order valence-corrected chi connectivity index (χ2v) is 2.83. The highest BCUT2D eigenvalue weighted by atomic mass is 15.0. The number of rotatable bonds is 1. The van der Waals surface area contributed by atoms with Gasteiger partial charge in [-0.05, 0) is 6.07 Å². The van der Waals surface area contributed by atoms with Gasteiger partial charge in [0, 0.05) is 12.1 Å². The molecule has 0 saturated heterocycles. The lowest BCUT2D eigenvalue weighted by atomic mass is 10.3. The van der Waals surface area contributed by atoms with Crippen LogP contribution in [0.4, 0.5) is 0 Å². The molecule has 1 aromatic heterocycles. The van der Waals surface area contributed by atoms with Gasteiger partial charge in [-0.3, -0.25) is 0 Å². The summed E-state index contributed by atoms with van der Waals surface area (Å²) in [6.45, 7) is 0. The van der Waals surface area contributed by atoms with E-state index in [0.29, 0.717) is 0 Å². The van der Waals surface area contributed by atoms with E-state index < -0.39 is 0 Å². The first-order valence-corrected chi connectivity index (χ1v) is 3.66. The molecule has 0 aliphatic heterocycles. The van der Waals surface area contributed by atoms with Crippen LogP contribution in [0.15, 0.2) is 24.4 Å². The van der Waals surface area contributed by atoms with Crippen molar-refractivity contribution in [2.75, 3.05) is 14.1 Å². The summed E-state index contributed by atoms with van der Waals surface area (Å²) in [6.07, 6.45) is 4.12. The Kier molecular flexibility index (Phi) is 2.36. The second-order valence-electron chi connectivity index (χ2n) is 2.83. The smallest absolute Gasteiger partial charge is 0.236 e. The van der Waals surface area contributed by atoms with E-state index in [1.54, 1.807) is 0 Å². The van der Waals surface area contributed by atoms with Crippen LogP contribution < -0.4 is 4.57 Å². The minimum atomic E-state index is 1.21. The second kappa shape index (κ2) is 3.28. The molecule has 0 bridgehead atoms. The Bertz CT molecular complexity index is 273. The van der Waals surface area contributed by atoms with Gasteiger partial charge in [0.25, 0.3) is 5.69 Å². The third-order valence-corrected chi connectivity index (χ3v) is 1.49. The first kappa shape index (κ1) is 7.92. The Hall–Kier alpha value is -1.18. The molecule has 0 aromatic carbocycles. The lowest BCUT2D eigenvalue weighted by Gasteiger charge is -1.89. The molecule has 11 heavy (non-hydrogen) atoms. The molecule has 0 saturated carbocycles. The van der Waals surface area contributed by atoms with Crippen molar-refractivity contribution in [3.63, 3.8) is 0 Å². The zero-order valence-electron chi connectivity index (χ0n) is 7.28. The van der Waals surface area contributed by atoms with Crippen molar-refractivity contribution in [2.45, 2.75) is 0 Å². The third kappa shape index (κ3) is 2.15. The van der Waals surface area contributed by atoms with Crippen LogP contribution in [0.3, 0.4) is 0 Å². The van der Waals surface area contributed by atoms with Gasteiger partial charge in [-0.1, -0.05) is 0 Å². The Morgan fingerprint density at radius 1 is 1.36 bits per heavy atom. The lowest BCUT2D eigenvalue weighted by molar-refractivity contribution is -0.674. The van der Waals surface area contributed by atoms with E-state index in [-0.39, 0.29) is 0 Å². The largest absolute Gasteiger partial charge is 0.268 e. The van der Waals surface area contributed by atoms with Crippen molar-refractivity contribution in [2.24, 2.45) is 7.05 Å². The van der Waals surface area contributed by atoms with Crippen LogP contribution in [-0.4, -0.2) is 24.9 Å². The molecule has 1 aromatic rings. The number of pyridine rings is 1. The fourth-order valence-corrected chi connectivity index (χ4v) is 0.935. The average molecular weight is 150 g/mol. The number of hydrogen-bond donors (Lipinski definition) is 0. The van der Waals surface area contributed by atoms with E-state index in [4.69, 9.17) is 0 Å². The molecule has 0 N–H and O–H groups in total. The van der Waals surface area contributed by atoms with Crippen LogP contribution in [0, 0.1) is 0 Å². The first-order chi connectivity index (χ1) is 5.20. The van der Waals surface area contributed by atoms with Crippen LogP contribution in [0.5, 0.6) is 0 Å². The zero-order valence-corrected chi connectivity index (χ0v) is 7.28. The predicted octanol–water partition coefficient (Wildman–Crippen LogP) is 0.202. The highest BCUT2D eigenvalue weighted by Gasteiger charge is 2.03. The van der Waals surface area contributed by atoms with E-state index in [2.05, 4.69) is 16.8 Å². The summed E-state index contributed by atoms with van der Waals surface area (Å²) in [5.74, 6) is 0. The summed E-state index contributed by atoms with van der Waals surface area (Å²) in [6, 6.07) is 6.14. The van der Waals surface area contributed by atoms with E-state index in [0.717, 1.165) is 0 Å². The molecular formula is C9H14N2+2. The van der Waals surface area contributed by atoms with E-state index >= 15 is 0 Å². The molecule has 2 nitrogen and oxygen atoms in total. The number of aryl methyl sites for hydroxylation is 1. The molecule has 2 heteroatoms. The summed E-state index contributed by atoms with van der Waals surface area (Å²) in [5, 5.41) is 0. The highest BCUT2D eigenvalue weighted by Crippen LogP contribution is 1.84. The van der Waals surface area contributed by atoms with Gasteiger partial charge in [-0.15, -0.1) is 0 Å². The Labute approximate surface area is 67.4 Å². The van der Waals surface area contributed by atoms with Crippen molar-refractivity contribution in [1.82, 2.24) is 0 Å². The Balaban J connectivity index is 3.04. The van der Waals surface area contributed by atoms with Gasteiger partial charge in [0.15, 0.2) is 6.20 Å². The van der Waals surface area contributed by atoms with Gasteiger partial charge < -0.3 is 0 Å². The summed E-state index contributed by atoms with van der Waals surface area (Å²) < 4.78 is 4.12. The van der Waals surface area contributed by atoms with Crippen molar-refractivity contribution in [3.05, 3.63) is 30.1 Å². The summed E-state index contributed by atoms with van der Waals surface area (Å²) in [4.78, 5) is 0. The summed E-state index contributed by atoms with van der Waals surface area (Å²) in [5.41, 5.74) is 1.21. The fraction of sp³-hybridized carbons (Fsp3) is 0.333. The van der Waals surface area contributed by atoms with Crippen molar-refractivity contribution in [3.8, 4) is 0 Å². The summed E-state index contributed by atoms with van der Waals surface area (Å²) >= 11 is 0. The SMILES string of the molecule is C[N+](C)=Cc1cccc[n+]1C. The van der Waals surface area contributed by atoms with Crippen molar-refractivity contribution < 1.29 is 9.14 Å². The number of aromatic nitrogens is 1. The molecule has 0 aliphatic carbocycles. The molecule has 1 heterocycles. The maximum absolute atomic E-state index is 2.08. The maximum atomic E-state index is 2.08. The number of hydrogen-bond acceptors (Lipinski definition) is 0. The number of nitrogens with zero attached hydrogens (tertiary/aromatic N) is 2. The van der Waals surface area contributed by atoms with E-state index in [1.165, 1.54) is 5.69 Å². The predicted molar refractivity (Wildman–Crippen MR) is 44.9 cm³/mol. The molecule has 0 atom stereocenters. The topological polar surface area (TPSA) is 6.89 Å². The van der Waals surface area contributed by atoms with Gasteiger partial charge in [0.2, 0.25) is 6.21 Å². The molecule has 1 rings (SSSR count). The van der Waals surface area contributed by atoms with Crippen molar-refractivity contribution >= 4 is 6.21 Å². The zero-order chi connectivity index (χ0) is 8.27. The Morgan fingerprint density at radius 3 is 2.64 bits per heavy atom. The van der Waals surface area contributed by atoms with Gasteiger partial charge >= 0.3 is 0 Å². The average Bonchev–Trinajstić information content (AvgIpc) is 1.93. The fourth-order valence-electron chi connectivity index (χ4n) is 0.935. The normalized spacial score (nSPS) is 9.36. The standard InChI is InChI=1S/C9H14N2/c1-10(2)8-9-6-4-5-7-11(9)3/h4-8H,1-3H3/q+2. The molecule has 0 unspecified atom stereocenters. The van der Waals surface area contributed by atoms with E-state index in [1.807, 2.05) is 44.0 Å². The first-order valence-electron chi connectivity index (χ1n) is 3.66. The van der Waals surface area contributed by atoms with Gasteiger partial charge in [0.1, 0.15) is 21.1 Å². The molecule has 0 radical (unpaired) electrons. The summed E-state index contributed by atoms with van der Waals surface area (Å²) in [7, 11) is 6.08. The van der Waals surface area contributed by atoms with Gasteiger partial charge in [0.05, 0.1) is 0 Å². The van der Waals surface area contributed by atoms with Crippen LogP contribution in [0.2, 0.25) is 0 Å². The maximum Gasteiger partial charge on any atom is 0.268 e. The lowest BCUT2D eigenvalue weighted by Crippen LogP contribution is -2.33. The molecule has 58 valence electrons. The Morgan fingerprint density at radius 2 is 2.09 bits per heavy atom. The van der Waals surface area contributed by atoms with Crippen LogP contribution >= 0.6 is 0 Å². The molecule has 0 amide bonds. The van der Waals surface area contributed by atoms with Crippen LogP contribution in [0.1, 0.15) is 5.69 Å². The minimum absolute atomic E-state index is 1.21. The molecular weight excluding hydrogens is 136 g/mol.